The fourth-order valence-corrected chi connectivity index (χ4v) is 5.55. The Morgan fingerprint density at radius 2 is 1.35 bits per heavy atom. The molecule has 0 aliphatic carbocycles. The molecule has 40 heavy (non-hydrogen) atoms. The molecule has 192 valence electrons. The molecular formula is C36H27N3O. The molecule has 5 aromatic carbocycles. The molecule has 7 rings (SSSR count). The van der Waals surface area contributed by atoms with Gasteiger partial charge in [-0.1, -0.05) is 66.2 Å². The number of imidazole rings is 1. The Hall–Kier alpha value is -5.22. The first-order chi connectivity index (χ1) is 19.6. The molecule has 4 heteroatoms. The normalized spacial score (nSPS) is 11.3. The number of para-hydroxylation sites is 2. The molecule has 0 saturated carbocycles. The van der Waals surface area contributed by atoms with Crippen molar-refractivity contribution in [3.8, 4) is 45.1 Å². The van der Waals surface area contributed by atoms with E-state index in [4.69, 9.17) is 9.97 Å². The van der Waals surface area contributed by atoms with Gasteiger partial charge >= 0.3 is 0 Å². The predicted octanol–water partition coefficient (Wildman–Crippen LogP) is 8.90. The minimum absolute atomic E-state index is 0.202. The molecule has 0 spiro atoms. The monoisotopic (exact) mass is 517 g/mol. The second-order valence-electron chi connectivity index (χ2n) is 10.3. The summed E-state index contributed by atoms with van der Waals surface area (Å²) in [4.78, 5) is 9.88. The van der Waals surface area contributed by atoms with E-state index < -0.39 is 0 Å². The smallest absolute Gasteiger partial charge is 0.149 e. The molecule has 0 atom stereocenters. The molecule has 0 fully saturated rings. The van der Waals surface area contributed by atoms with E-state index in [1.165, 1.54) is 11.1 Å². The van der Waals surface area contributed by atoms with Gasteiger partial charge in [0.25, 0.3) is 0 Å². The maximum Gasteiger partial charge on any atom is 0.149 e. The number of hydrogen-bond donors (Lipinski definition) is 1. The number of hydrogen-bond acceptors (Lipinski definition) is 3. The Labute approximate surface area is 232 Å². The average Bonchev–Trinajstić information content (AvgIpc) is 3.37. The van der Waals surface area contributed by atoms with Gasteiger partial charge in [-0.15, -0.1) is 0 Å². The number of rotatable bonds is 4. The first-order valence-electron chi connectivity index (χ1n) is 13.4. The fourth-order valence-electron chi connectivity index (χ4n) is 5.55. The van der Waals surface area contributed by atoms with Gasteiger partial charge in [0.2, 0.25) is 0 Å². The van der Waals surface area contributed by atoms with Gasteiger partial charge in [0.15, 0.2) is 0 Å². The van der Waals surface area contributed by atoms with Crippen molar-refractivity contribution >= 4 is 21.9 Å². The maximum absolute atomic E-state index is 10.8. The lowest BCUT2D eigenvalue weighted by atomic mass is 9.95. The van der Waals surface area contributed by atoms with Crippen LogP contribution in [0.2, 0.25) is 0 Å². The summed E-state index contributed by atoms with van der Waals surface area (Å²) in [5, 5.41) is 11.9. The molecule has 7 aromatic rings. The molecule has 0 unspecified atom stereocenters. The van der Waals surface area contributed by atoms with Crippen LogP contribution >= 0.6 is 0 Å². The summed E-state index contributed by atoms with van der Waals surface area (Å²) < 4.78 is 2.13. The minimum Gasteiger partial charge on any atom is -0.507 e. The Balaban J connectivity index is 1.47. The van der Waals surface area contributed by atoms with Crippen molar-refractivity contribution < 1.29 is 5.11 Å². The highest BCUT2D eigenvalue weighted by molar-refractivity contribution is 5.98. The maximum atomic E-state index is 10.8. The van der Waals surface area contributed by atoms with E-state index in [-0.39, 0.29) is 5.75 Å². The summed E-state index contributed by atoms with van der Waals surface area (Å²) in [5.41, 5.74) is 11.3. The fraction of sp³-hybridized carbons (Fsp3) is 0.0556. The number of fused-ring (bicyclic) bond motifs is 2. The van der Waals surface area contributed by atoms with Crippen LogP contribution in [-0.4, -0.2) is 19.6 Å². The lowest BCUT2D eigenvalue weighted by Gasteiger charge is -2.12. The van der Waals surface area contributed by atoms with Crippen LogP contribution in [-0.2, 0) is 0 Å². The minimum atomic E-state index is 0.202. The van der Waals surface area contributed by atoms with Crippen LogP contribution in [0.4, 0.5) is 0 Å². The highest BCUT2D eigenvalue weighted by Crippen LogP contribution is 2.38. The summed E-state index contributed by atoms with van der Waals surface area (Å²) in [7, 11) is 0. The molecule has 0 radical (unpaired) electrons. The topological polar surface area (TPSA) is 50.9 Å². The number of aromatic hydroxyl groups is 1. The average molecular weight is 518 g/mol. The number of benzene rings is 5. The summed E-state index contributed by atoms with van der Waals surface area (Å²) in [6, 6.07) is 39.2. The highest BCUT2D eigenvalue weighted by Gasteiger charge is 2.19. The third-order valence-electron chi connectivity index (χ3n) is 7.46. The lowest BCUT2D eigenvalue weighted by Crippen LogP contribution is -1.97. The molecular weight excluding hydrogens is 490 g/mol. The van der Waals surface area contributed by atoms with Crippen LogP contribution in [0.25, 0.3) is 61.3 Å². The number of phenols is 1. The van der Waals surface area contributed by atoms with E-state index in [2.05, 4.69) is 103 Å². The van der Waals surface area contributed by atoms with Crippen LogP contribution in [0.3, 0.4) is 0 Å². The Kier molecular flexibility index (Phi) is 5.67. The predicted molar refractivity (Wildman–Crippen MR) is 164 cm³/mol. The molecule has 0 aliphatic heterocycles. The van der Waals surface area contributed by atoms with Gasteiger partial charge in [-0.25, -0.2) is 4.98 Å². The van der Waals surface area contributed by atoms with Crippen molar-refractivity contribution in [1.29, 1.82) is 0 Å². The number of aromatic nitrogens is 3. The van der Waals surface area contributed by atoms with Crippen LogP contribution in [0, 0.1) is 13.8 Å². The van der Waals surface area contributed by atoms with Gasteiger partial charge in [0.05, 0.1) is 22.1 Å². The quantitative estimate of drug-likeness (QED) is 0.254. The Bertz CT molecular complexity index is 2040. The third kappa shape index (κ3) is 4.02. The van der Waals surface area contributed by atoms with Crippen LogP contribution in [0.5, 0.6) is 5.75 Å². The van der Waals surface area contributed by atoms with E-state index in [9.17, 15) is 5.11 Å². The van der Waals surface area contributed by atoms with E-state index in [1.807, 2.05) is 30.5 Å². The SMILES string of the molecule is Cc1ccc(-n2c(-c3ccccc3O)nc3c(-c4cccc(-c5cc(C)cc6cccnc56)c4)cccc32)cc1. The van der Waals surface area contributed by atoms with Crippen molar-refractivity contribution in [1.82, 2.24) is 14.5 Å². The largest absolute Gasteiger partial charge is 0.507 e. The van der Waals surface area contributed by atoms with E-state index >= 15 is 0 Å². The molecule has 2 heterocycles. The van der Waals surface area contributed by atoms with Gasteiger partial charge in [0.1, 0.15) is 11.6 Å². The van der Waals surface area contributed by atoms with Crippen LogP contribution in [0.15, 0.2) is 121 Å². The van der Waals surface area contributed by atoms with Crippen molar-refractivity contribution in [3.63, 3.8) is 0 Å². The Morgan fingerprint density at radius 3 is 2.17 bits per heavy atom. The van der Waals surface area contributed by atoms with Gasteiger partial charge in [0, 0.05) is 28.4 Å². The molecule has 1 N–H and O–H groups in total. The standard InChI is InChI=1S/C36H27N3O/c1-23-15-17-28(18-16-23)39-32-13-6-12-29(35(32)38-36(39)30-11-3-4-14-33(30)40)25-8-5-9-26(22-25)31-21-24(2)20-27-10-7-19-37-34(27)31/h3-22,40H,1-2H3. The first kappa shape index (κ1) is 23.9. The van der Waals surface area contributed by atoms with Crippen molar-refractivity contribution in [2.75, 3.05) is 0 Å². The number of phenolic OH excluding ortho intramolecular Hbond substituents is 1. The highest BCUT2D eigenvalue weighted by atomic mass is 16.3. The van der Waals surface area contributed by atoms with Crippen molar-refractivity contribution in [2.45, 2.75) is 13.8 Å². The molecule has 4 nitrogen and oxygen atoms in total. The lowest BCUT2D eigenvalue weighted by molar-refractivity contribution is 0.477. The van der Waals surface area contributed by atoms with Crippen molar-refractivity contribution in [3.05, 3.63) is 133 Å². The number of nitrogens with zero attached hydrogens (tertiary/aromatic N) is 3. The van der Waals surface area contributed by atoms with E-state index in [0.29, 0.717) is 11.4 Å². The van der Waals surface area contributed by atoms with Gasteiger partial charge in [-0.05, 0) is 85.1 Å². The summed E-state index contributed by atoms with van der Waals surface area (Å²) in [6.07, 6.45) is 1.85. The number of pyridine rings is 1. The molecule has 2 aromatic heterocycles. The zero-order valence-corrected chi connectivity index (χ0v) is 22.3. The molecule has 0 saturated heterocycles. The second-order valence-corrected chi connectivity index (χ2v) is 10.3. The molecule has 0 aliphatic rings. The van der Waals surface area contributed by atoms with Gasteiger partial charge in [-0.3, -0.25) is 9.55 Å². The van der Waals surface area contributed by atoms with Crippen molar-refractivity contribution in [2.24, 2.45) is 0 Å². The third-order valence-corrected chi connectivity index (χ3v) is 7.46. The molecule has 0 bridgehead atoms. The van der Waals surface area contributed by atoms with E-state index in [0.717, 1.165) is 49.9 Å². The Morgan fingerprint density at radius 1 is 0.600 bits per heavy atom. The summed E-state index contributed by atoms with van der Waals surface area (Å²) >= 11 is 0. The van der Waals surface area contributed by atoms with Crippen LogP contribution in [0.1, 0.15) is 11.1 Å². The number of aryl methyl sites for hydroxylation is 2. The zero-order valence-electron chi connectivity index (χ0n) is 22.3. The zero-order chi connectivity index (χ0) is 27.2. The summed E-state index contributed by atoms with van der Waals surface area (Å²) in [6.45, 7) is 4.20. The second kappa shape index (κ2) is 9.51. The first-order valence-corrected chi connectivity index (χ1v) is 13.4. The summed E-state index contributed by atoms with van der Waals surface area (Å²) in [5.74, 6) is 0.906. The molecule has 0 amide bonds. The van der Waals surface area contributed by atoms with Crippen LogP contribution < -0.4 is 0 Å². The van der Waals surface area contributed by atoms with E-state index in [1.54, 1.807) is 6.07 Å². The van der Waals surface area contributed by atoms with Gasteiger partial charge < -0.3 is 5.11 Å². The van der Waals surface area contributed by atoms with Gasteiger partial charge in [-0.2, -0.15) is 0 Å².